The number of amides is 6. The maximum absolute atomic E-state index is 14.4. The summed E-state index contributed by atoms with van der Waals surface area (Å²) in [5, 5.41) is 9.88. The Hall–Kier alpha value is -10.7. The first-order chi connectivity index (χ1) is 55.0. The van der Waals surface area contributed by atoms with Gasteiger partial charge in [-0.05, 0) is 79.1 Å². The van der Waals surface area contributed by atoms with Gasteiger partial charge in [0.25, 0.3) is 5.91 Å². The van der Waals surface area contributed by atoms with Crippen LogP contribution < -0.4 is 59.2 Å². The average Bonchev–Trinajstić information content (AvgIpc) is 0.813. The van der Waals surface area contributed by atoms with Crippen LogP contribution in [0.4, 0.5) is 44.6 Å². The van der Waals surface area contributed by atoms with Gasteiger partial charge in [-0.2, -0.15) is 0 Å². The number of piperazine rings is 1. The van der Waals surface area contributed by atoms with E-state index in [-0.39, 0.29) is 81.0 Å². The van der Waals surface area contributed by atoms with E-state index in [1.54, 1.807) is 64.5 Å². The molecule has 4 heterocycles. The Morgan fingerprint density at radius 1 is 0.513 bits per heavy atom. The first-order valence-corrected chi connectivity index (χ1v) is 38.1. The topological polar surface area (TPSA) is 278 Å². The number of para-hydroxylation sites is 2. The molecule has 6 aromatic carbocycles. The molecule has 0 aliphatic carbocycles. The van der Waals surface area contributed by atoms with Gasteiger partial charge in [0.05, 0.1) is 103 Å². The molecule has 10 rings (SSSR count). The van der Waals surface area contributed by atoms with E-state index in [0.717, 1.165) is 61.2 Å². The smallest absolute Gasteiger partial charge is 0.250 e. The highest BCUT2D eigenvalue weighted by Crippen LogP contribution is 2.43. The summed E-state index contributed by atoms with van der Waals surface area (Å²) in [6.45, 7) is 17.5. The van der Waals surface area contributed by atoms with Crippen LogP contribution >= 0.6 is 81.2 Å². The summed E-state index contributed by atoms with van der Waals surface area (Å²) in [5.41, 5.74) is 10.0. The number of hydrogen-bond acceptors (Lipinski definition) is 19. The van der Waals surface area contributed by atoms with Crippen LogP contribution in [0.5, 0.6) is 28.7 Å². The molecule has 604 valence electrons. The average molecular weight is 1710 g/mol. The summed E-state index contributed by atoms with van der Waals surface area (Å²) < 4.78 is 40.8. The fourth-order valence-corrected chi connectivity index (χ4v) is 13.7. The molecule has 3 N–H and O–H groups in total. The molecular formula is C82H84Cl7FN14O11. The standard InChI is InChI=1S/C31H35Cl3N6O3.C26H26Cl2N4O4.C25H23Cl2FN4O4/c1-5-39-10-12-40(13-11-39)23-7-6-21(25(17-23)37-28(41)8-9-32)15-22-16-27(36-19-35-22)38(3)29(42)18-24-30(33)20(2)14-26(43-4)31(24)34;1-15(2)26(34)31-19-9-7-6-8-16(19)10-17-11-22(30-14-29-17)32(3)23(33)12-18-24(27)20(35-4)13-21(36-5)25(18)28;1-5-21(33)31-25-14(7-6-8-17(25)28)9-15-10-20(30-13-29-15)32(2)22(34)11-16-23(26)18(35-3)12-19(36-4)24(16)27/h6-9,14,16-17,19H,5,10-13,15,18H2,1-4H3,(H,37,41);6-9,11,13-14H,1,10,12H2,2-5H3,(H,31,34);5-8,10,12-13H,1,9,11H2,2-4H3,(H,31,33)/b9-8-;;. The van der Waals surface area contributed by atoms with Crippen molar-refractivity contribution in [3.63, 3.8) is 0 Å². The Bertz CT molecular complexity index is 5080. The van der Waals surface area contributed by atoms with Crippen LogP contribution in [0.1, 0.15) is 69.9 Å². The van der Waals surface area contributed by atoms with Gasteiger partial charge >= 0.3 is 0 Å². The summed E-state index contributed by atoms with van der Waals surface area (Å²) in [4.78, 5) is 110. The number of methoxy groups -OCH3 is 5. The van der Waals surface area contributed by atoms with Gasteiger partial charge in [-0.1, -0.05) is 138 Å². The Balaban J connectivity index is 0.000000217. The Morgan fingerprint density at radius 2 is 0.930 bits per heavy atom. The normalized spacial score (nSPS) is 11.7. The van der Waals surface area contributed by atoms with Crippen molar-refractivity contribution in [2.75, 3.05) is 125 Å². The molecule has 3 aromatic heterocycles. The number of anilines is 7. The maximum Gasteiger partial charge on any atom is 0.250 e. The zero-order valence-electron chi connectivity index (χ0n) is 64.8. The minimum atomic E-state index is -0.591. The zero-order chi connectivity index (χ0) is 83.9. The Morgan fingerprint density at radius 3 is 1.36 bits per heavy atom. The monoisotopic (exact) mass is 1700 g/mol. The van der Waals surface area contributed by atoms with Gasteiger partial charge in [0, 0.05) is 153 Å². The second-order valence-electron chi connectivity index (χ2n) is 25.7. The number of nitrogens with zero attached hydrogens (tertiary/aromatic N) is 11. The molecule has 1 aliphatic heterocycles. The molecule has 6 amide bonds. The lowest BCUT2D eigenvalue weighted by atomic mass is 10.0. The molecule has 25 nitrogen and oxygen atoms in total. The van der Waals surface area contributed by atoms with E-state index in [0.29, 0.717) is 125 Å². The fraction of sp³-hybridized carbons (Fsp3) is 0.268. The summed E-state index contributed by atoms with van der Waals surface area (Å²) in [7, 11) is 12.1. The molecule has 0 atom stereocenters. The number of halogens is 8. The number of carbonyl (C=O) groups excluding carboxylic acids is 6. The van der Waals surface area contributed by atoms with E-state index in [4.69, 9.17) is 105 Å². The number of benzene rings is 6. The van der Waals surface area contributed by atoms with Crippen LogP contribution in [0.25, 0.3) is 0 Å². The van der Waals surface area contributed by atoms with Crippen molar-refractivity contribution in [1.29, 1.82) is 0 Å². The van der Waals surface area contributed by atoms with Crippen molar-refractivity contribution in [2.45, 2.75) is 59.3 Å². The predicted molar refractivity (Wildman–Crippen MR) is 452 cm³/mol. The third kappa shape index (κ3) is 23.5. The molecule has 0 radical (unpaired) electrons. The quantitative estimate of drug-likeness (QED) is 0.0384. The van der Waals surface area contributed by atoms with Gasteiger partial charge in [-0.3, -0.25) is 43.5 Å². The molecule has 115 heavy (non-hydrogen) atoms. The number of aromatic nitrogens is 6. The van der Waals surface area contributed by atoms with Crippen molar-refractivity contribution < 1.29 is 56.8 Å². The van der Waals surface area contributed by atoms with Crippen LogP contribution in [0.15, 0.2) is 152 Å². The van der Waals surface area contributed by atoms with E-state index >= 15 is 0 Å². The number of rotatable bonds is 28. The van der Waals surface area contributed by atoms with Gasteiger partial charge in [-0.15, -0.1) is 0 Å². The van der Waals surface area contributed by atoms with Crippen molar-refractivity contribution in [3.8, 4) is 28.7 Å². The first kappa shape index (κ1) is 89.9. The summed E-state index contributed by atoms with van der Waals surface area (Å²) in [6.07, 6.45) is 7.11. The van der Waals surface area contributed by atoms with Gasteiger partial charge in [0.15, 0.2) is 0 Å². The van der Waals surface area contributed by atoms with Crippen molar-refractivity contribution >= 4 is 157 Å². The van der Waals surface area contributed by atoms with Crippen LogP contribution in [0.2, 0.25) is 30.1 Å². The molecule has 1 fully saturated rings. The Labute approximate surface area is 701 Å². The maximum atomic E-state index is 14.4. The minimum absolute atomic E-state index is 0.0308. The lowest BCUT2D eigenvalue weighted by Crippen LogP contribution is -2.46. The molecule has 33 heteroatoms. The highest BCUT2D eigenvalue weighted by atomic mass is 35.5. The van der Waals surface area contributed by atoms with Crippen LogP contribution in [-0.4, -0.2) is 160 Å². The van der Waals surface area contributed by atoms with Gasteiger partial charge < -0.3 is 49.4 Å². The number of hydrogen-bond donors (Lipinski definition) is 3. The Kier molecular flexibility index (Phi) is 33.3. The molecule has 1 saturated heterocycles. The molecule has 0 spiro atoms. The minimum Gasteiger partial charge on any atom is -0.495 e. The first-order valence-electron chi connectivity index (χ1n) is 35.4. The third-order valence-electron chi connectivity index (χ3n) is 18.3. The number of ether oxygens (including phenoxy) is 5. The van der Waals surface area contributed by atoms with E-state index in [2.05, 4.69) is 81.8 Å². The van der Waals surface area contributed by atoms with E-state index in [9.17, 15) is 33.2 Å². The summed E-state index contributed by atoms with van der Waals surface area (Å²) in [5.74, 6) is 0.292. The second kappa shape index (κ2) is 42.6. The molecule has 0 saturated carbocycles. The van der Waals surface area contributed by atoms with E-state index in [1.165, 1.54) is 99.0 Å². The molecular weight excluding hydrogens is 1620 g/mol. The van der Waals surface area contributed by atoms with E-state index < -0.39 is 11.7 Å². The highest BCUT2D eigenvalue weighted by molar-refractivity contribution is 6.39. The fourth-order valence-electron chi connectivity index (χ4n) is 11.7. The number of carbonyl (C=O) groups is 6. The SMILES string of the molecule is C=C(C)C(=O)Nc1ccccc1Cc1cc(N(C)C(=O)Cc2c(Cl)c(OC)cc(OC)c2Cl)ncn1.C=CC(=O)Nc1c(F)cccc1Cc1cc(N(C)C(=O)Cc2c(Cl)c(OC)cc(OC)c2Cl)ncn1.CCN1CCN(c2ccc(Cc3cc(N(C)C(=O)Cc4c(Cl)c(C)cc(OC)c4Cl)ncn3)c(NC(=O)/C=C\Cl)c2)CC1. The van der Waals surface area contributed by atoms with Crippen molar-refractivity contribution in [1.82, 2.24) is 34.8 Å². The van der Waals surface area contributed by atoms with Gasteiger partial charge in [0.1, 0.15) is 71.0 Å². The zero-order valence-corrected chi connectivity index (χ0v) is 70.1. The van der Waals surface area contributed by atoms with Crippen LogP contribution in [0.3, 0.4) is 0 Å². The molecule has 0 bridgehead atoms. The predicted octanol–water partition coefficient (Wildman–Crippen LogP) is 15.7. The molecule has 1 aliphatic rings. The third-order valence-corrected chi connectivity index (χ3v) is 21.0. The number of likely N-dealkylation sites (N-methyl/N-ethyl adjacent to an activating group) is 4. The lowest BCUT2D eigenvalue weighted by molar-refractivity contribution is -0.118. The van der Waals surface area contributed by atoms with Gasteiger partial charge in [0.2, 0.25) is 29.5 Å². The second-order valence-corrected chi connectivity index (χ2v) is 28.2. The number of aryl methyl sites for hydroxylation is 1. The van der Waals surface area contributed by atoms with Gasteiger partial charge in [-0.25, -0.2) is 34.3 Å². The van der Waals surface area contributed by atoms with E-state index in [1.807, 2.05) is 43.3 Å². The highest BCUT2D eigenvalue weighted by Gasteiger charge is 2.28. The van der Waals surface area contributed by atoms with Crippen molar-refractivity contribution in [3.05, 3.63) is 244 Å². The van der Waals surface area contributed by atoms with Crippen LogP contribution in [0, 0.1) is 12.7 Å². The molecule has 9 aromatic rings. The largest absolute Gasteiger partial charge is 0.495 e. The van der Waals surface area contributed by atoms with Crippen molar-refractivity contribution in [2.24, 2.45) is 0 Å². The summed E-state index contributed by atoms with van der Waals surface area (Å²) >= 11 is 44.3. The summed E-state index contributed by atoms with van der Waals surface area (Å²) in [6, 6.07) is 27.8. The van der Waals surface area contributed by atoms with Crippen LogP contribution in [-0.2, 0) is 67.3 Å². The molecule has 0 unspecified atom stereocenters. The number of nitrogens with one attached hydrogen (secondary N) is 3. The lowest BCUT2D eigenvalue weighted by Gasteiger charge is -2.35.